The molecule has 1 saturated heterocycles. The number of piperazine rings is 1. The molecule has 0 radical (unpaired) electrons. The van der Waals surface area contributed by atoms with E-state index in [4.69, 9.17) is 16.3 Å². The van der Waals surface area contributed by atoms with Gasteiger partial charge in [0.05, 0.1) is 16.3 Å². The summed E-state index contributed by atoms with van der Waals surface area (Å²) < 4.78 is 32.8. The van der Waals surface area contributed by atoms with Crippen LogP contribution in [-0.2, 0) is 10.0 Å². The van der Waals surface area contributed by atoms with Crippen molar-refractivity contribution in [3.05, 3.63) is 56.6 Å². The van der Waals surface area contributed by atoms with Crippen molar-refractivity contribution in [2.45, 2.75) is 11.1 Å². The molecule has 6 nitrogen and oxygen atoms in total. The number of hydrogen-bond acceptors (Lipinski definition) is 6. The summed E-state index contributed by atoms with van der Waals surface area (Å²) >= 11 is 8.40. The first-order valence-corrected chi connectivity index (χ1v) is 13.0. The van der Waals surface area contributed by atoms with Gasteiger partial charge in [-0.25, -0.2) is 8.42 Å². The highest BCUT2D eigenvalue weighted by atomic mass is 35.5. The van der Waals surface area contributed by atoms with Crippen molar-refractivity contribution in [3.63, 3.8) is 0 Å². The first kappa shape index (κ1) is 22.3. The number of ether oxygens (including phenoxy) is 1. The molecule has 0 bridgehead atoms. The van der Waals surface area contributed by atoms with E-state index in [0.717, 1.165) is 33.1 Å². The summed E-state index contributed by atoms with van der Waals surface area (Å²) in [5.41, 5.74) is 2.05. The smallest absolute Gasteiger partial charge is 0.264 e. The number of rotatable bonds is 5. The fraction of sp³-hybridized carbons (Fsp3) is 0.286. The van der Waals surface area contributed by atoms with Gasteiger partial charge in [-0.2, -0.15) is 4.31 Å². The lowest BCUT2D eigenvalue weighted by molar-refractivity contribution is 0.0703. The molecule has 1 amide bonds. The van der Waals surface area contributed by atoms with Crippen LogP contribution >= 0.6 is 34.3 Å². The van der Waals surface area contributed by atoms with E-state index in [-0.39, 0.29) is 23.2 Å². The summed E-state index contributed by atoms with van der Waals surface area (Å²) in [4.78, 5) is 16.5. The maximum atomic E-state index is 13.1. The van der Waals surface area contributed by atoms with Crippen molar-refractivity contribution in [2.24, 2.45) is 0 Å². The van der Waals surface area contributed by atoms with Gasteiger partial charge in [0.15, 0.2) is 0 Å². The van der Waals surface area contributed by atoms with Crippen LogP contribution < -0.4 is 4.74 Å². The van der Waals surface area contributed by atoms with E-state index in [1.54, 1.807) is 18.1 Å². The van der Waals surface area contributed by atoms with E-state index in [2.05, 4.69) is 0 Å². The van der Waals surface area contributed by atoms with E-state index in [0.29, 0.717) is 22.3 Å². The lowest BCUT2D eigenvalue weighted by Crippen LogP contribution is -2.50. The van der Waals surface area contributed by atoms with Crippen LogP contribution in [0.25, 0.3) is 11.1 Å². The molecule has 31 heavy (non-hydrogen) atoms. The monoisotopic (exact) mass is 496 g/mol. The summed E-state index contributed by atoms with van der Waals surface area (Å²) in [5.74, 6) is 0.717. The standard InChI is InChI=1S/C21H21ClN2O4S3/c1-14-17(15-3-5-16(28-2)6-4-15)13-18(29-14)21(25)23-9-11-24(12-10-23)31(26,27)20-8-7-19(22)30-20/h3-8,13H,9-12H2,1-2H3. The number of nitrogens with zero attached hydrogens (tertiary/aromatic N) is 2. The molecule has 0 N–H and O–H groups in total. The van der Waals surface area contributed by atoms with Gasteiger partial charge in [-0.3, -0.25) is 4.79 Å². The van der Waals surface area contributed by atoms with Crippen molar-refractivity contribution < 1.29 is 17.9 Å². The Kier molecular flexibility index (Phi) is 6.41. The van der Waals surface area contributed by atoms with Crippen LogP contribution in [0.4, 0.5) is 0 Å². The molecule has 0 atom stereocenters. The average Bonchev–Trinajstić information content (AvgIpc) is 3.39. The second kappa shape index (κ2) is 8.91. The minimum atomic E-state index is -3.58. The van der Waals surface area contributed by atoms with Gasteiger partial charge in [-0.05, 0) is 48.4 Å². The second-order valence-electron chi connectivity index (χ2n) is 7.06. The summed E-state index contributed by atoms with van der Waals surface area (Å²) in [6.45, 7) is 3.23. The molecule has 3 heterocycles. The number of halogens is 1. The molecule has 1 aliphatic heterocycles. The quantitative estimate of drug-likeness (QED) is 0.518. The number of methoxy groups -OCH3 is 1. The van der Waals surface area contributed by atoms with Gasteiger partial charge in [0.2, 0.25) is 0 Å². The molecule has 4 rings (SSSR count). The summed E-state index contributed by atoms with van der Waals surface area (Å²) in [6.07, 6.45) is 0. The minimum Gasteiger partial charge on any atom is -0.497 e. The minimum absolute atomic E-state index is 0.0657. The van der Waals surface area contributed by atoms with Gasteiger partial charge in [-0.15, -0.1) is 22.7 Å². The van der Waals surface area contributed by atoms with Crippen molar-refractivity contribution in [1.82, 2.24) is 9.21 Å². The fourth-order valence-corrected chi connectivity index (χ4v) is 7.56. The third-order valence-corrected chi connectivity index (χ3v) is 9.83. The Labute approximate surface area is 194 Å². The molecule has 1 aromatic carbocycles. The van der Waals surface area contributed by atoms with Crippen LogP contribution in [0.3, 0.4) is 0 Å². The molecular formula is C21H21ClN2O4S3. The van der Waals surface area contributed by atoms with Crippen LogP contribution in [0.15, 0.2) is 46.7 Å². The number of benzene rings is 1. The molecule has 1 aliphatic rings. The highest BCUT2D eigenvalue weighted by Gasteiger charge is 2.32. The van der Waals surface area contributed by atoms with Crippen molar-refractivity contribution in [3.8, 4) is 16.9 Å². The van der Waals surface area contributed by atoms with Gasteiger partial charge >= 0.3 is 0 Å². The van der Waals surface area contributed by atoms with Gasteiger partial charge < -0.3 is 9.64 Å². The molecule has 2 aromatic heterocycles. The molecule has 0 saturated carbocycles. The largest absolute Gasteiger partial charge is 0.497 e. The van der Waals surface area contributed by atoms with Crippen LogP contribution in [0.2, 0.25) is 4.34 Å². The lowest BCUT2D eigenvalue weighted by Gasteiger charge is -2.33. The van der Waals surface area contributed by atoms with Gasteiger partial charge in [0.1, 0.15) is 9.96 Å². The highest BCUT2D eigenvalue weighted by Crippen LogP contribution is 2.33. The molecule has 164 valence electrons. The number of thiophene rings is 2. The molecular weight excluding hydrogens is 476 g/mol. The van der Waals surface area contributed by atoms with E-state index in [9.17, 15) is 13.2 Å². The maximum Gasteiger partial charge on any atom is 0.264 e. The summed E-state index contributed by atoms with van der Waals surface area (Å²) in [5, 5.41) is 0. The summed E-state index contributed by atoms with van der Waals surface area (Å²) in [7, 11) is -1.95. The number of amides is 1. The third kappa shape index (κ3) is 4.51. The first-order chi connectivity index (χ1) is 14.8. The zero-order valence-corrected chi connectivity index (χ0v) is 20.2. The average molecular weight is 497 g/mol. The van der Waals surface area contributed by atoms with Gasteiger partial charge in [0.25, 0.3) is 15.9 Å². The molecule has 3 aromatic rings. The maximum absolute atomic E-state index is 13.1. The molecule has 10 heteroatoms. The van der Waals surface area contributed by atoms with Crippen molar-refractivity contribution in [2.75, 3.05) is 33.3 Å². The SMILES string of the molecule is COc1ccc(-c2cc(C(=O)N3CCN(S(=O)(=O)c4ccc(Cl)s4)CC3)sc2C)cc1. The normalized spacial score (nSPS) is 15.3. The zero-order chi connectivity index (χ0) is 22.2. The number of carbonyl (C=O) groups excluding carboxylic acids is 1. The van der Waals surface area contributed by atoms with Crippen LogP contribution in [0, 0.1) is 6.92 Å². The number of sulfonamides is 1. The second-order valence-corrected chi connectivity index (χ2v) is 12.2. The fourth-order valence-electron chi connectivity index (χ4n) is 3.50. The molecule has 0 aliphatic carbocycles. The van der Waals surface area contributed by atoms with Gasteiger partial charge in [-0.1, -0.05) is 23.7 Å². The zero-order valence-electron chi connectivity index (χ0n) is 17.0. The Morgan fingerprint density at radius 2 is 1.71 bits per heavy atom. The molecule has 0 unspecified atom stereocenters. The highest BCUT2D eigenvalue weighted by molar-refractivity contribution is 7.91. The summed E-state index contributed by atoms with van der Waals surface area (Å²) in [6, 6.07) is 12.8. The van der Waals surface area contributed by atoms with E-state index >= 15 is 0 Å². The van der Waals surface area contributed by atoms with Crippen LogP contribution in [0.5, 0.6) is 5.75 Å². The lowest BCUT2D eigenvalue weighted by atomic mass is 10.1. The van der Waals surface area contributed by atoms with Crippen LogP contribution in [-0.4, -0.2) is 56.8 Å². The number of hydrogen-bond donors (Lipinski definition) is 0. The predicted octanol–water partition coefficient (Wildman–Crippen LogP) is 4.59. The predicted molar refractivity (Wildman–Crippen MR) is 125 cm³/mol. The third-order valence-electron chi connectivity index (χ3n) is 5.20. The van der Waals surface area contributed by atoms with Gasteiger partial charge in [0, 0.05) is 31.1 Å². The topological polar surface area (TPSA) is 66.9 Å². The van der Waals surface area contributed by atoms with E-state index < -0.39 is 10.0 Å². The van der Waals surface area contributed by atoms with Crippen molar-refractivity contribution in [1.29, 1.82) is 0 Å². The Balaban J connectivity index is 1.45. The number of carbonyl (C=O) groups is 1. The van der Waals surface area contributed by atoms with Crippen molar-refractivity contribution >= 4 is 50.2 Å². The Bertz CT molecular complexity index is 1190. The van der Waals surface area contributed by atoms with E-state index in [1.807, 2.05) is 37.3 Å². The Morgan fingerprint density at radius 3 is 2.29 bits per heavy atom. The Hall–Kier alpha value is -1.91. The van der Waals surface area contributed by atoms with Crippen LogP contribution in [0.1, 0.15) is 14.5 Å². The number of aryl methyl sites for hydroxylation is 1. The first-order valence-electron chi connectivity index (χ1n) is 9.59. The van der Waals surface area contributed by atoms with E-state index in [1.165, 1.54) is 21.7 Å². The Morgan fingerprint density at radius 1 is 1.03 bits per heavy atom. The molecule has 0 spiro atoms. The molecule has 1 fully saturated rings.